The number of fused-ring (bicyclic) bond motifs is 2. The van der Waals surface area contributed by atoms with Gasteiger partial charge in [-0.25, -0.2) is 8.78 Å². The van der Waals surface area contributed by atoms with Gasteiger partial charge < -0.3 is 9.47 Å². The first-order valence-electron chi connectivity index (χ1n) is 7.37. The summed E-state index contributed by atoms with van der Waals surface area (Å²) in [5.74, 6) is -5.08. The van der Waals surface area contributed by atoms with Crippen LogP contribution in [0.15, 0.2) is 18.2 Å². The number of halogens is 2. The van der Waals surface area contributed by atoms with Gasteiger partial charge in [0.2, 0.25) is 17.1 Å². The van der Waals surface area contributed by atoms with Gasteiger partial charge >= 0.3 is 0 Å². The second-order valence-electron chi connectivity index (χ2n) is 6.29. The van der Waals surface area contributed by atoms with E-state index in [-0.39, 0.29) is 5.56 Å². The smallest absolute Gasteiger partial charge is 0.214 e. The Morgan fingerprint density at radius 3 is 2.28 bits per heavy atom. The summed E-state index contributed by atoms with van der Waals surface area (Å²) in [6.45, 7) is 3.03. The Bertz CT molecular complexity index is 899. The molecule has 4 unspecified atom stereocenters. The predicted octanol–water partition coefficient (Wildman–Crippen LogP) is 2.94. The van der Waals surface area contributed by atoms with Crippen LogP contribution in [-0.2, 0) is 9.47 Å². The molecule has 25 heavy (non-hydrogen) atoms. The first-order valence-corrected chi connectivity index (χ1v) is 7.37. The van der Waals surface area contributed by atoms with Crippen LogP contribution in [0.1, 0.15) is 25.5 Å². The fraction of sp³-hybridized carbons (Fsp3) is 0.412. The van der Waals surface area contributed by atoms with E-state index in [1.165, 1.54) is 13.0 Å². The molecule has 126 valence electrons. The minimum absolute atomic E-state index is 0.0121. The van der Waals surface area contributed by atoms with Gasteiger partial charge in [-0.2, -0.15) is 15.8 Å². The van der Waals surface area contributed by atoms with Gasteiger partial charge in [0, 0.05) is 6.92 Å². The summed E-state index contributed by atoms with van der Waals surface area (Å²) in [5.41, 5.74) is -4.06. The van der Waals surface area contributed by atoms with Crippen molar-refractivity contribution in [2.75, 3.05) is 0 Å². The quantitative estimate of drug-likeness (QED) is 0.843. The lowest BCUT2D eigenvalue weighted by molar-refractivity contribution is -0.268. The fourth-order valence-corrected chi connectivity index (χ4v) is 3.69. The average molecular weight is 342 g/mol. The number of rotatable bonds is 1. The van der Waals surface area contributed by atoms with Crippen molar-refractivity contribution in [2.24, 2.45) is 16.7 Å². The van der Waals surface area contributed by atoms with E-state index in [0.717, 1.165) is 12.1 Å². The normalized spacial score (nSPS) is 35.2. The molecule has 2 fully saturated rings. The van der Waals surface area contributed by atoms with Gasteiger partial charge in [-0.05, 0) is 17.7 Å². The second kappa shape index (κ2) is 4.99. The monoisotopic (exact) mass is 342 g/mol. The molecule has 2 heterocycles. The van der Waals surface area contributed by atoms with Gasteiger partial charge in [0.05, 0.1) is 24.1 Å². The van der Waals surface area contributed by atoms with E-state index in [2.05, 4.69) is 0 Å². The molecule has 3 rings (SSSR count). The molecule has 2 aliphatic rings. The van der Waals surface area contributed by atoms with Crippen molar-refractivity contribution < 1.29 is 18.3 Å². The Labute approximate surface area is 142 Å². The molecular weight excluding hydrogens is 330 g/mol. The third kappa shape index (κ3) is 1.74. The summed E-state index contributed by atoms with van der Waals surface area (Å²) in [4.78, 5) is 0. The van der Waals surface area contributed by atoms with Crippen LogP contribution in [-0.4, -0.2) is 11.7 Å². The number of nitrogens with one attached hydrogen (secondary N) is 1. The van der Waals surface area contributed by atoms with E-state index in [1.54, 1.807) is 19.1 Å². The van der Waals surface area contributed by atoms with E-state index in [1.807, 2.05) is 6.07 Å². The molecule has 8 heteroatoms. The highest BCUT2D eigenvalue weighted by Gasteiger charge is 2.78. The van der Waals surface area contributed by atoms with Gasteiger partial charge in [-0.1, -0.05) is 13.0 Å². The summed E-state index contributed by atoms with van der Waals surface area (Å²) in [7, 11) is 0. The van der Waals surface area contributed by atoms with Crippen molar-refractivity contribution in [1.29, 1.82) is 21.2 Å². The van der Waals surface area contributed by atoms with Gasteiger partial charge in [-0.15, -0.1) is 0 Å². The molecule has 0 spiro atoms. The zero-order valence-corrected chi connectivity index (χ0v) is 13.3. The molecule has 0 radical (unpaired) electrons. The molecule has 2 saturated heterocycles. The Morgan fingerprint density at radius 1 is 1.12 bits per heavy atom. The van der Waals surface area contributed by atoms with Crippen LogP contribution in [0.3, 0.4) is 0 Å². The molecule has 1 aromatic carbocycles. The number of hydrogen-bond donors (Lipinski definition) is 1. The van der Waals surface area contributed by atoms with Gasteiger partial charge in [0.1, 0.15) is 6.10 Å². The SMILES string of the molecule is CC1C2(C)OC(=N)C1(C#N)C(C#N)(C#N)C(c1ccc(F)c(F)c1)O2. The van der Waals surface area contributed by atoms with E-state index >= 15 is 0 Å². The van der Waals surface area contributed by atoms with Crippen molar-refractivity contribution in [3.63, 3.8) is 0 Å². The summed E-state index contributed by atoms with van der Waals surface area (Å²) in [6.07, 6.45) is -1.40. The minimum atomic E-state index is -2.17. The zero-order valence-electron chi connectivity index (χ0n) is 13.3. The van der Waals surface area contributed by atoms with Crippen LogP contribution >= 0.6 is 0 Å². The third-order valence-corrected chi connectivity index (χ3v) is 5.24. The number of nitrogens with zero attached hydrogens (tertiary/aromatic N) is 3. The van der Waals surface area contributed by atoms with E-state index in [9.17, 15) is 24.6 Å². The molecular formula is C17H12F2N4O2. The van der Waals surface area contributed by atoms with Crippen LogP contribution in [0, 0.1) is 67.8 Å². The van der Waals surface area contributed by atoms with Crippen LogP contribution in [0.5, 0.6) is 0 Å². The second-order valence-corrected chi connectivity index (χ2v) is 6.29. The van der Waals surface area contributed by atoms with E-state index in [0.29, 0.717) is 0 Å². The highest BCUT2D eigenvalue weighted by Crippen LogP contribution is 2.66. The lowest BCUT2D eigenvalue weighted by atomic mass is 9.54. The number of nitriles is 3. The van der Waals surface area contributed by atoms with Crippen molar-refractivity contribution in [3.8, 4) is 18.2 Å². The topological polar surface area (TPSA) is 114 Å². The lowest BCUT2D eigenvalue weighted by Crippen LogP contribution is -2.57. The minimum Gasteiger partial charge on any atom is -0.448 e. The summed E-state index contributed by atoms with van der Waals surface area (Å²) in [5, 5.41) is 37.6. The molecule has 1 aromatic rings. The predicted molar refractivity (Wildman–Crippen MR) is 78.3 cm³/mol. The van der Waals surface area contributed by atoms with E-state index in [4.69, 9.17) is 14.9 Å². The van der Waals surface area contributed by atoms with Gasteiger partial charge in [0.25, 0.3) is 0 Å². The maximum atomic E-state index is 13.7. The van der Waals surface area contributed by atoms with Crippen molar-refractivity contribution in [3.05, 3.63) is 35.4 Å². The van der Waals surface area contributed by atoms with E-state index < -0.39 is 46.2 Å². The lowest BCUT2D eigenvalue weighted by Gasteiger charge is -2.47. The molecule has 0 aliphatic carbocycles. The Balaban J connectivity index is 2.33. The molecule has 6 nitrogen and oxygen atoms in total. The third-order valence-electron chi connectivity index (χ3n) is 5.24. The zero-order chi connectivity index (χ0) is 18.6. The molecule has 0 saturated carbocycles. The maximum absolute atomic E-state index is 13.7. The molecule has 2 aliphatic heterocycles. The van der Waals surface area contributed by atoms with Crippen LogP contribution in [0.2, 0.25) is 0 Å². The Morgan fingerprint density at radius 2 is 1.76 bits per heavy atom. The van der Waals surface area contributed by atoms with Gasteiger partial charge in [-0.3, -0.25) is 5.41 Å². The number of hydrogen-bond acceptors (Lipinski definition) is 6. The van der Waals surface area contributed by atoms with Gasteiger partial charge in [0.15, 0.2) is 17.0 Å². The van der Waals surface area contributed by atoms with Crippen molar-refractivity contribution >= 4 is 5.90 Å². The number of benzene rings is 1. The van der Waals surface area contributed by atoms with Crippen molar-refractivity contribution in [1.82, 2.24) is 0 Å². The Hall–Kier alpha value is -3.02. The summed E-state index contributed by atoms with van der Waals surface area (Å²) < 4.78 is 38.2. The first-order chi connectivity index (χ1) is 11.7. The molecule has 0 amide bonds. The molecule has 0 aromatic heterocycles. The highest BCUT2D eigenvalue weighted by atomic mass is 19.2. The Kier molecular flexibility index (Phi) is 3.36. The summed E-state index contributed by atoms with van der Waals surface area (Å²) in [6, 6.07) is 8.36. The number of ether oxygens (including phenoxy) is 2. The maximum Gasteiger partial charge on any atom is 0.214 e. The summed E-state index contributed by atoms with van der Waals surface area (Å²) >= 11 is 0. The fourth-order valence-electron chi connectivity index (χ4n) is 3.69. The first kappa shape index (κ1) is 16.8. The van der Waals surface area contributed by atoms with Crippen molar-refractivity contribution in [2.45, 2.75) is 25.7 Å². The standard InChI is InChI=1S/C17H12F2N4O2/c1-9-15(2)24-13(10-3-4-11(18)12(19)5-10)16(6-20,7-21)17(9,8-22)14(23)25-15/h3-5,9,13,23H,1-2H3. The molecule has 4 atom stereocenters. The molecule has 1 N–H and O–H groups in total. The largest absolute Gasteiger partial charge is 0.448 e. The average Bonchev–Trinajstić information content (AvgIpc) is 2.73. The van der Waals surface area contributed by atoms with Crippen LogP contribution < -0.4 is 0 Å². The van der Waals surface area contributed by atoms with Crippen LogP contribution in [0.4, 0.5) is 8.78 Å². The molecule has 2 bridgehead atoms. The highest BCUT2D eigenvalue weighted by molar-refractivity contribution is 5.89. The van der Waals surface area contributed by atoms with Crippen LogP contribution in [0.25, 0.3) is 0 Å².